The second-order valence-corrected chi connectivity index (χ2v) is 3.65. The zero-order valence-corrected chi connectivity index (χ0v) is 13.6. The molecule has 0 unspecified atom stereocenters. The molecule has 1 aliphatic rings. The van der Waals surface area contributed by atoms with Crippen molar-refractivity contribution in [2.45, 2.75) is 52.9 Å². The molecule has 0 saturated carbocycles. The van der Waals surface area contributed by atoms with E-state index in [4.69, 9.17) is 0 Å². The molecule has 1 radical (unpaired) electrons. The van der Waals surface area contributed by atoms with Crippen molar-refractivity contribution in [2.24, 2.45) is 0 Å². The van der Waals surface area contributed by atoms with Gasteiger partial charge in [0, 0.05) is 38.4 Å². The van der Waals surface area contributed by atoms with Crippen molar-refractivity contribution < 1.29 is 32.7 Å². The van der Waals surface area contributed by atoms with E-state index in [1.807, 2.05) is 13.8 Å². The van der Waals surface area contributed by atoms with Crippen LogP contribution in [0.15, 0.2) is 0 Å². The second kappa shape index (κ2) is 8.30. The third-order valence-electron chi connectivity index (χ3n) is 2.81. The smallest absolute Gasteiger partial charge is 0.0635 e. The molecule has 0 saturated heterocycles. The van der Waals surface area contributed by atoms with Gasteiger partial charge in [0.1, 0.15) is 0 Å². The Morgan fingerprint density at radius 1 is 1.06 bits per heavy atom. The van der Waals surface area contributed by atoms with Gasteiger partial charge in [0.15, 0.2) is 0 Å². The number of nitrogens with zero attached hydrogens (tertiary/aromatic N) is 2. The van der Waals surface area contributed by atoms with E-state index in [0.717, 1.165) is 17.8 Å². The molecule has 0 amide bonds. The summed E-state index contributed by atoms with van der Waals surface area (Å²) in [4.78, 5) is 0. The van der Waals surface area contributed by atoms with Crippen LogP contribution in [-0.4, -0.2) is 10.2 Å². The van der Waals surface area contributed by atoms with Gasteiger partial charge in [-0.05, 0) is 43.7 Å². The summed E-state index contributed by atoms with van der Waals surface area (Å²) in [6.45, 7) is 9.95. The molecule has 1 aromatic rings. The van der Waals surface area contributed by atoms with Gasteiger partial charge in [0.2, 0.25) is 0 Å². The van der Waals surface area contributed by atoms with Crippen LogP contribution < -0.4 is 0 Å². The molecular formula is C13H21N2Y-. The summed E-state index contributed by atoms with van der Waals surface area (Å²) in [5.41, 5.74) is 5.11. The van der Waals surface area contributed by atoms with Crippen LogP contribution in [0.1, 0.15) is 49.2 Å². The van der Waals surface area contributed by atoms with E-state index in [0.29, 0.717) is 0 Å². The molecule has 2 nitrogen and oxygen atoms in total. The van der Waals surface area contributed by atoms with Crippen LogP contribution in [0.4, 0.5) is 0 Å². The van der Waals surface area contributed by atoms with Gasteiger partial charge >= 0.3 is 0 Å². The number of aryl methyl sites for hydroxylation is 1. The zero-order valence-electron chi connectivity index (χ0n) is 10.7. The van der Waals surface area contributed by atoms with Crippen LogP contribution in [0, 0.1) is 13.8 Å². The van der Waals surface area contributed by atoms with Crippen molar-refractivity contribution in [3.05, 3.63) is 29.4 Å². The zero-order chi connectivity index (χ0) is 11.3. The first kappa shape index (κ1) is 16.2. The van der Waals surface area contributed by atoms with Gasteiger partial charge in [-0.25, -0.2) is 0 Å². The van der Waals surface area contributed by atoms with Gasteiger partial charge in [-0.1, -0.05) is 13.8 Å². The molecule has 0 fully saturated rings. The quantitative estimate of drug-likeness (QED) is 0.744. The SMILES string of the molecule is CC.[CH2-]Cc1nnc(C)c2c1CCCC2.[Y]. The fraction of sp³-hybridized carbons (Fsp3) is 0.615. The molecule has 2 rings (SSSR count). The predicted molar refractivity (Wildman–Crippen MR) is 63.8 cm³/mol. The number of aromatic nitrogens is 2. The summed E-state index contributed by atoms with van der Waals surface area (Å²) in [7, 11) is 0. The van der Waals surface area contributed by atoms with Crippen molar-refractivity contribution in [1.29, 1.82) is 0 Å². The number of hydrogen-bond donors (Lipinski definition) is 0. The topological polar surface area (TPSA) is 25.8 Å². The van der Waals surface area contributed by atoms with Crippen LogP contribution in [-0.2, 0) is 52.0 Å². The summed E-state index contributed by atoms with van der Waals surface area (Å²) >= 11 is 0. The molecule has 0 atom stereocenters. The van der Waals surface area contributed by atoms with Crippen molar-refractivity contribution >= 4 is 0 Å². The fourth-order valence-corrected chi connectivity index (χ4v) is 2.08. The van der Waals surface area contributed by atoms with Crippen molar-refractivity contribution in [3.63, 3.8) is 0 Å². The van der Waals surface area contributed by atoms with E-state index < -0.39 is 0 Å². The molecule has 0 N–H and O–H groups in total. The van der Waals surface area contributed by atoms with Gasteiger partial charge in [-0.2, -0.15) is 10.2 Å². The summed E-state index contributed by atoms with van der Waals surface area (Å²) in [5, 5.41) is 8.37. The maximum absolute atomic E-state index is 4.20. The Labute approximate surface area is 125 Å². The Morgan fingerprint density at radius 2 is 1.62 bits per heavy atom. The largest absolute Gasteiger partial charge is 0.338 e. The van der Waals surface area contributed by atoms with Gasteiger partial charge < -0.3 is 6.92 Å². The monoisotopic (exact) mass is 294 g/mol. The molecule has 0 aromatic carbocycles. The normalized spacial score (nSPS) is 13.0. The van der Waals surface area contributed by atoms with Crippen LogP contribution >= 0.6 is 0 Å². The van der Waals surface area contributed by atoms with Crippen molar-refractivity contribution in [2.75, 3.05) is 0 Å². The van der Waals surface area contributed by atoms with Crippen molar-refractivity contribution in [1.82, 2.24) is 10.2 Å². The first-order valence-electron chi connectivity index (χ1n) is 5.96. The number of rotatable bonds is 1. The molecule has 1 heterocycles. The number of hydrogen-bond acceptors (Lipinski definition) is 2. The standard InChI is InChI=1S/C11H15N2.C2H6.Y/c1-3-11-10-7-5-4-6-9(10)8(2)12-13-11;1-2;/h1,3-7H2,2H3;1-2H3;/q-1;;. The van der Waals surface area contributed by atoms with Crippen LogP contribution in [0.25, 0.3) is 0 Å². The summed E-state index contributed by atoms with van der Waals surface area (Å²) in [5.74, 6) is 0. The van der Waals surface area contributed by atoms with Gasteiger partial charge in [0.25, 0.3) is 0 Å². The Morgan fingerprint density at radius 3 is 2.19 bits per heavy atom. The molecular weight excluding hydrogens is 273 g/mol. The summed E-state index contributed by atoms with van der Waals surface area (Å²) in [6.07, 6.45) is 5.73. The molecule has 0 bridgehead atoms. The molecule has 16 heavy (non-hydrogen) atoms. The maximum atomic E-state index is 4.20. The molecule has 87 valence electrons. The van der Waals surface area contributed by atoms with E-state index in [1.54, 1.807) is 0 Å². The molecule has 1 aromatic heterocycles. The summed E-state index contributed by atoms with van der Waals surface area (Å²) < 4.78 is 0. The molecule has 1 aliphatic carbocycles. The first-order valence-corrected chi connectivity index (χ1v) is 5.96. The Bertz CT molecular complexity index is 324. The second-order valence-electron chi connectivity index (χ2n) is 3.65. The molecule has 0 spiro atoms. The van der Waals surface area contributed by atoms with E-state index >= 15 is 0 Å². The molecule has 3 heteroatoms. The first-order chi connectivity index (χ1) is 7.33. The minimum atomic E-state index is 0. The average molecular weight is 294 g/mol. The third-order valence-corrected chi connectivity index (χ3v) is 2.81. The predicted octanol–water partition coefficient (Wildman–Crippen LogP) is 3.06. The Balaban J connectivity index is 0.000000711. The molecule has 0 aliphatic heterocycles. The van der Waals surface area contributed by atoms with Gasteiger partial charge in [0.05, 0.1) is 5.69 Å². The van der Waals surface area contributed by atoms with E-state index in [-0.39, 0.29) is 32.7 Å². The number of fused-ring (bicyclic) bond motifs is 1. The Hall–Kier alpha value is 0.184. The van der Waals surface area contributed by atoms with Crippen LogP contribution in [0.2, 0.25) is 0 Å². The average Bonchev–Trinajstić information content (AvgIpc) is 2.33. The van der Waals surface area contributed by atoms with E-state index in [9.17, 15) is 0 Å². The van der Waals surface area contributed by atoms with E-state index in [2.05, 4.69) is 24.0 Å². The third kappa shape index (κ3) is 3.60. The van der Waals surface area contributed by atoms with Crippen molar-refractivity contribution in [3.8, 4) is 0 Å². The van der Waals surface area contributed by atoms with Crippen LogP contribution in [0.5, 0.6) is 0 Å². The fourth-order valence-electron chi connectivity index (χ4n) is 2.08. The minimum absolute atomic E-state index is 0. The maximum Gasteiger partial charge on any atom is 0.0635 e. The van der Waals surface area contributed by atoms with E-state index in [1.165, 1.54) is 36.8 Å². The summed E-state index contributed by atoms with van der Waals surface area (Å²) in [6, 6.07) is 0. The van der Waals surface area contributed by atoms with Gasteiger partial charge in [-0.3, -0.25) is 0 Å². The van der Waals surface area contributed by atoms with Crippen LogP contribution in [0.3, 0.4) is 0 Å². The Kier molecular flexibility index (Phi) is 8.40. The van der Waals surface area contributed by atoms with Gasteiger partial charge in [-0.15, -0.1) is 6.42 Å². The minimum Gasteiger partial charge on any atom is -0.338 e.